The molecule has 150 valence electrons. The van der Waals surface area contributed by atoms with E-state index in [0.29, 0.717) is 18.1 Å². The van der Waals surface area contributed by atoms with Crippen LogP contribution in [0, 0.1) is 6.92 Å². The van der Waals surface area contributed by atoms with Crippen molar-refractivity contribution in [3.8, 4) is 28.4 Å². The van der Waals surface area contributed by atoms with Gasteiger partial charge in [0.2, 0.25) is 0 Å². The number of nitrogens with one attached hydrogen (secondary N) is 1. The van der Waals surface area contributed by atoms with Crippen molar-refractivity contribution in [3.05, 3.63) is 71.0 Å². The highest BCUT2D eigenvalue weighted by Crippen LogP contribution is 2.45. The van der Waals surface area contributed by atoms with E-state index in [0.717, 1.165) is 47.6 Å². The van der Waals surface area contributed by atoms with Crippen LogP contribution in [0.4, 0.5) is 0 Å². The van der Waals surface area contributed by atoms with E-state index in [9.17, 15) is 0 Å². The van der Waals surface area contributed by atoms with E-state index in [-0.39, 0.29) is 0 Å². The van der Waals surface area contributed by atoms with Gasteiger partial charge in [0, 0.05) is 12.7 Å². The quantitative estimate of drug-likeness (QED) is 0.680. The topological polar surface area (TPSA) is 52.6 Å². The molecule has 2 heterocycles. The van der Waals surface area contributed by atoms with Gasteiger partial charge in [-0.15, -0.1) is 0 Å². The lowest BCUT2D eigenvalue weighted by Gasteiger charge is -2.21. The van der Waals surface area contributed by atoms with Crippen molar-refractivity contribution >= 4 is 0 Å². The zero-order chi connectivity index (χ0) is 20.2. The molecule has 1 N–H and O–H groups in total. The molecule has 0 bridgehead atoms. The second-order valence-corrected chi connectivity index (χ2v) is 7.20. The predicted octanol–water partition coefficient (Wildman–Crippen LogP) is 4.30. The largest absolute Gasteiger partial charge is 0.493 e. The molecule has 0 atom stereocenters. The number of methoxy groups -OCH3 is 2. The first-order chi connectivity index (χ1) is 14.2. The Morgan fingerprint density at radius 1 is 0.966 bits per heavy atom. The molecule has 2 aromatic carbocycles. The van der Waals surface area contributed by atoms with Gasteiger partial charge in [-0.2, -0.15) is 0 Å². The van der Waals surface area contributed by atoms with Crippen molar-refractivity contribution in [2.24, 2.45) is 0 Å². The van der Waals surface area contributed by atoms with Gasteiger partial charge in [0.25, 0.3) is 0 Å². The normalized spacial score (nSPS) is 12.9. The monoisotopic (exact) mass is 390 g/mol. The first kappa shape index (κ1) is 19.3. The average Bonchev–Trinajstić information content (AvgIpc) is 2.76. The van der Waals surface area contributed by atoms with Gasteiger partial charge < -0.3 is 19.5 Å². The van der Waals surface area contributed by atoms with Gasteiger partial charge >= 0.3 is 0 Å². The van der Waals surface area contributed by atoms with E-state index < -0.39 is 0 Å². The molecule has 0 saturated carbocycles. The molecule has 29 heavy (non-hydrogen) atoms. The van der Waals surface area contributed by atoms with Gasteiger partial charge in [0.05, 0.1) is 25.5 Å². The van der Waals surface area contributed by atoms with Crippen LogP contribution >= 0.6 is 0 Å². The standard InChI is InChI=1S/C24H26N2O3/c1-16-8-11-26-20(12-16)15-29-21-6-7-22(27-2)24(28-3)23(21)18-5-4-17-9-10-25-14-19(17)13-18/h4-8,11-13,25H,9-10,14-15H2,1-3H3. The molecule has 0 unspecified atom stereocenters. The molecule has 3 aromatic rings. The molecule has 1 aliphatic heterocycles. The van der Waals surface area contributed by atoms with Gasteiger partial charge in [-0.05, 0) is 72.5 Å². The summed E-state index contributed by atoms with van der Waals surface area (Å²) in [6.45, 7) is 4.33. The molecule has 5 heteroatoms. The molecular formula is C24H26N2O3. The number of hydrogen-bond acceptors (Lipinski definition) is 5. The third-order valence-electron chi connectivity index (χ3n) is 5.24. The second kappa shape index (κ2) is 8.53. The fourth-order valence-electron chi connectivity index (χ4n) is 3.77. The maximum atomic E-state index is 6.20. The first-order valence-corrected chi connectivity index (χ1v) is 9.82. The number of pyridine rings is 1. The van der Waals surface area contributed by atoms with E-state index in [1.807, 2.05) is 31.2 Å². The smallest absolute Gasteiger partial charge is 0.172 e. The molecule has 0 fully saturated rings. The van der Waals surface area contributed by atoms with Crippen molar-refractivity contribution in [2.75, 3.05) is 20.8 Å². The molecule has 0 radical (unpaired) electrons. The number of ether oxygens (including phenoxy) is 3. The number of benzene rings is 2. The molecule has 0 aliphatic carbocycles. The maximum absolute atomic E-state index is 6.20. The van der Waals surface area contributed by atoms with Gasteiger partial charge in [-0.3, -0.25) is 4.98 Å². The lowest BCUT2D eigenvalue weighted by Crippen LogP contribution is -2.23. The van der Waals surface area contributed by atoms with E-state index in [1.54, 1.807) is 20.4 Å². The Morgan fingerprint density at radius 3 is 2.62 bits per heavy atom. The zero-order valence-corrected chi connectivity index (χ0v) is 17.1. The van der Waals surface area contributed by atoms with Crippen LogP contribution in [0.1, 0.15) is 22.4 Å². The van der Waals surface area contributed by atoms with Crippen LogP contribution in [0.25, 0.3) is 11.1 Å². The molecular weight excluding hydrogens is 364 g/mol. The minimum atomic E-state index is 0.386. The number of aryl methyl sites for hydroxylation is 1. The fourth-order valence-corrected chi connectivity index (χ4v) is 3.77. The van der Waals surface area contributed by atoms with Crippen molar-refractivity contribution in [1.82, 2.24) is 10.3 Å². The minimum absolute atomic E-state index is 0.386. The lowest BCUT2D eigenvalue weighted by atomic mass is 9.94. The summed E-state index contributed by atoms with van der Waals surface area (Å²) in [5.41, 5.74) is 6.70. The van der Waals surface area contributed by atoms with Crippen LogP contribution in [-0.4, -0.2) is 25.7 Å². The van der Waals surface area contributed by atoms with Crippen molar-refractivity contribution in [1.29, 1.82) is 0 Å². The van der Waals surface area contributed by atoms with Crippen LogP contribution in [0.15, 0.2) is 48.7 Å². The summed E-state index contributed by atoms with van der Waals surface area (Å²) in [4.78, 5) is 4.40. The Labute approximate surface area is 171 Å². The summed E-state index contributed by atoms with van der Waals surface area (Å²) in [5.74, 6) is 2.10. The molecule has 4 rings (SSSR count). The minimum Gasteiger partial charge on any atom is -0.493 e. The van der Waals surface area contributed by atoms with Crippen molar-refractivity contribution in [3.63, 3.8) is 0 Å². The first-order valence-electron chi connectivity index (χ1n) is 9.82. The molecule has 0 saturated heterocycles. The van der Waals surface area contributed by atoms with E-state index in [2.05, 4.69) is 28.5 Å². The van der Waals surface area contributed by atoms with Crippen LogP contribution in [0.3, 0.4) is 0 Å². The van der Waals surface area contributed by atoms with E-state index in [4.69, 9.17) is 14.2 Å². The SMILES string of the molecule is COc1ccc(OCc2cc(C)ccn2)c(-c2ccc3c(c2)CNCC3)c1OC. The summed E-state index contributed by atoms with van der Waals surface area (Å²) in [6.07, 6.45) is 2.85. The Balaban J connectivity index is 1.75. The van der Waals surface area contributed by atoms with Gasteiger partial charge in [-0.25, -0.2) is 0 Å². The zero-order valence-electron chi connectivity index (χ0n) is 17.1. The molecule has 1 aliphatic rings. The number of aromatic nitrogens is 1. The summed E-state index contributed by atoms with van der Waals surface area (Å²) >= 11 is 0. The van der Waals surface area contributed by atoms with Crippen LogP contribution in [-0.2, 0) is 19.6 Å². The third kappa shape index (κ3) is 4.05. The number of rotatable bonds is 6. The number of hydrogen-bond donors (Lipinski definition) is 1. The average molecular weight is 390 g/mol. The van der Waals surface area contributed by atoms with E-state index in [1.165, 1.54) is 11.1 Å². The highest BCUT2D eigenvalue weighted by molar-refractivity contribution is 5.80. The molecule has 0 amide bonds. The van der Waals surface area contributed by atoms with Crippen molar-refractivity contribution in [2.45, 2.75) is 26.5 Å². The van der Waals surface area contributed by atoms with Crippen LogP contribution in [0.5, 0.6) is 17.2 Å². The van der Waals surface area contributed by atoms with Crippen molar-refractivity contribution < 1.29 is 14.2 Å². The summed E-state index contributed by atoms with van der Waals surface area (Å²) in [5, 5.41) is 3.44. The van der Waals surface area contributed by atoms with Crippen LogP contribution in [0.2, 0.25) is 0 Å². The van der Waals surface area contributed by atoms with Gasteiger partial charge in [0.1, 0.15) is 12.4 Å². The number of nitrogens with zero attached hydrogens (tertiary/aromatic N) is 1. The Bertz CT molecular complexity index is 1020. The molecule has 1 aromatic heterocycles. The lowest BCUT2D eigenvalue weighted by molar-refractivity contribution is 0.298. The summed E-state index contributed by atoms with van der Waals surface area (Å²) in [6, 6.07) is 14.4. The number of fused-ring (bicyclic) bond motifs is 1. The molecule has 0 spiro atoms. The van der Waals surface area contributed by atoms with Crippen LogP contribution < -0.4 is 19.5 Å². The maximum Gasteiger partial charge on any atom is 0.172 e. The highest BCUT2D eigenvalue weighted by Gasteiger charge is 2.20. The second-order valence-electron chi connectivity index (χ2n) is 7.20. The third-order valence-corrected chi connectivity index (χ3v) is 5.24. The highest BCUT2D eigenvalue weighted by atomic mass is 16.5. The van der Waals surface area contributed by atoms with Gasteiger partial charge in [0.15, 0.2) is 11.5 Å². The van der Waals surface area contributed by atoms with E-state index >= 15 is 0 Å². The fraction of sp³-hybridized carbons (Fsp3) is 0.292. The summed E-state index contributed by atoms with van der Waals surface area (Å²) < 4.78 is 17.5. The van der Waals surface area contributed by atoms with Gasteiger partial charge in [-0.1, -0.05) is 12.1 Å². The Morgan fingerprint density at radius 2 is 1.83 bits per heavy atom. The Kier molecular flexibility index (Phi) is 5.67. The Hall–Kier alpha value is -3.05. The molecule has 5 nitrogen and oxygen atoms in total. The predicted molar refractivity (Wildman–Crippen MR) is 114 cm³/mol. The summed E-state index contributed by atoms with van der Waals surface area (Å²) in [7, 11) is 3.31.